The lowest BCUT2D eigenvalue weighted by Crippen LogP contribution is -2.62. The third-order valence-electron chi connectivity index (χ3n) is 9.34. The number of aldehydes is 1. The molecule has 0 aromatic heterocycles. The maximum atomic E-state index is 13.5. The van der Waals surface area contributed by atoms with Crippen LogP contribution < -0.4 is 16.0 Å². The number of hydrogen-bond acceptors (Lipinski definition) is 6. The van der Waals surface area contributed by atoms with Crippen LogP contribution in [0.2, 0.25) is 0 Å². The number of carbonyl (C=O) groups is 4. The molecule has 0 aliphatic heterocycles. The summed E-state index contributed by atoms with van der Waals surface area (Å²) in [5.41, 5.74) is 1.52. The molecule has 1 aromatic rings. The molecule has 0 saturated heterocycles. The fourth-order valence-corrected chi connectivity index (χ4v) is 6.79. The van der Waals surface area contributed by atoms with Crippen molar-refractivity contribution >= 4 is 30.2 Å². The standard InChI is InChI=1S/C32H50N4O4/c1-4-14-28(30(39)34-23-38)36(3)31(40)29-26(22-37)16-13-17-27(29)33-19-11-6-5-7-12-20-35-32-18-10-8-9-15-25(21-32)24(32)2/h13,16-17,22-25,28,33,35H,4-12,14-15,18-21H2,1-3H3,(H,34,38,39). The second-order valence-electron chi connectivity index (χ2n) is 11.9. The zero-order chi connectivity index (χ0) is 29.0. The van der Waals surface area contributed by atoms with Crippen LogP contribution in [0, 0.1) is 11.8 Å². The van der Waals surface area contributed by atoms with Gasteiger partial charge in [0.2, 0.25) is 12.3 Å². The molecule has 0 spiro atoms. The van der Waals surface area contributed by atoms with Crippen LogP contribution in [0.15, 0.2) is 18.2 Å². The Morgan fingerprint density at radius 1 is 1.07 bits per heavy atom. The number of imide groups is 1. The molecule has 4 atom stereocenters. The molecule has 8 nitrogen and oxygen atoms in total. The fraction of sp³-hybridized carbons (Fsp3) is 0.688. The molecule has 0 radical (unpaired) electrons. The summed E-state index contributed by atoms with van der Waals surface area (Å²) in [6.07, 6.45) is 16.0. The van der Waals surface area contributed by atoms with Crippen molar-refractivity contribution in [2.45, 2.75) is 109 Å². The minimum atomic E-state index is -0.801. The van der Waals surface area contributed by atoms with Crippen LogP contribution in [-0.4, -0.2) is 61.1 Å². The zero-order valence-electron chi connectivity index (χ0n) is 24.8. The topological polar surface area (TPSA) is 108 Å². The Morgan fingerprint density at radius 3 is 2.52 bits per heavy atom. The van der Waals surface area contributed by atoms with Gasteiger partial charge in [-0.1, -0.05) is 77.3 Å². The molecule has 3 amide bonds. The molecular weight excluding hydrogens is 504 g/mol. The summed E-state index contributed by atoms with van der Waals surface area (Å²) in [4.78, 5) is 49.8. The number of carbonyl (C=O) groups excluding carboxylic acids is 4. The highest BCUT2D eigenvalue weighted by atomic mass is 16.2. The lowest BCUT2D eigenvalue weighted by Gasteiger charge is -2.56. The average molecular weight is 555 g/mol. The molecule has 3 fully saturated rings. The van der Waals surface area contributed by atoms with E-state index in [-0.39, 0.29) is 11.1 Å². The number of rotatable bonds is 17. The van der Waals surface area contributed by atoms with Crippen molar-refractivity contribution < 1.29 is 19.2 Å². The third kappa shape index (κ3) is 7.93. The van der Waals surface area contributed by atoms with E-state index in [0.717, 1.165) is 31.2 Å². The third-order valence-corrected chi connectivity index (χ3v) is 9.34. The maximum absolute atomic E-state index is 13.5. The molecule has 3 N–H and O–H groups in total. The highest BCUT2D eigenvalue weighted by molar-refractivity contribution is 6.07. The number of unbranched alkanes of at least 4 members (excludes halogenated alkanes) is 4. The first-order chi connectivity index (χ1) is 19.4. The van der Waals surface area contributed by atoms with Crippen LogP contribution in [0.25, 0.3) is 0 Å². The minimum Gasteiger partial charge on any atom is -0.384 e. The molecule has 1 aromatic carbocycles. The van der Waals surface area contributed by atoms with Crippen LogP contribution in [-0.2, 0) is 9.59 Å². The van der Waals surface area contributed by atoms with E-state index >= 15 is 0 Å². The largest absolute Gasteiger partial charge is 0.384 e. The quantitative estimate of drug-likeness (QED) is 0.178. The number of likely N-dealkylation sites (N-methyl/N-ethyl adjacent to an activating group) is 1. The predicted molar refractivity (Wildman–Crippen MR) is 159 cm³/mol. The normalized spacial score (nSPS) is 22.7. The lowest BCUT2D eigenvalue weighted by molar-refractivity contribution is -0.128. The Balaban J connectivity index is 1.44. The molecule has 4 unspecified atom stereocenters. The van der Waals surface area contributed by atoms with Crippen LogP contribution in [0.3, 0.4) is 0 Å². The summed E-state index contributed by atoms with van der Waals surface area (Å²) < 4.78 is 0. The van der Waals surface area contributed by atoms with Crippen molar-refractivity contribution in [2.24, 2.45) is 11.8 Å². The van der Waals surface area contributed by atoms with Gasteiger partial charge in [0, 0.05) is 30.4 Å². The van der Waals surface area contributed by atoms with E-state index in [9.17, 15) is 19.2 Å². The van der Waals surface area contributed by atoms with Crippen molar-refractivity contribution in [3.05, 3.63) is 29.3 Å². The van der Waals surface area contributed by atoms with Gasteiger partial charge in [-0.05, 0) is 56.6 Å². The number of benzene rings is 1. The molecule has 2 bridgehead atoms. The zero-order valence-corrected chi connectivity index (χ0v) is 24.8. The Kier molecular flexibility index (Phi) is 12.6. The molecular formula is C32H50N4O4. The van der Waals surface area contributed by atoms with E-state index in [1.54, 1.807) is 18.2 Å². The highest BCUT2D eigenvalue weighted by Crippen LogP contribution is 2.50. The summed E-state index contributed by atoms with van der Waals surface area (Å²) in [6, 6.07) is 4.35. The van der Waals surface area contributed by atoms with Gasteiger partial charge in [-0.15, -0.1) is 0 Å². The number of anilines is 1. The summed E-state index contributed by atoms with van der Waals surface area (Å²) in [5, 5.41) is 9.45. The Bertz CT molecular complexity index is 995. The number of nitrogens with zero attached hydrogens (tertiary/aromatic N) is 1. The van der Waals surface area contributed by atoms with Crippen LogP contribution in [0.1, 0.15) is 118 Å². The molecule has 4 rings (SSSR count). The van der Waals surface area contributed by atoms with Gasteiger partial charge in [-0.2, -0.15) is 0 Å². The summed E-state index contributed by atoms with van der Waals surface area (Å²) >= 11 is 0. The van der Waals surface area contributed by atoms with Crippen molar-refractivity contribution in [3.63, 3.8) is 0 Å². The lowest BCUT2D eigenvalue weighted by atomic mass is 9.55. The van der Waals surface area contributed by atoms with Crippen LogP contribution in [0.4, 0.5) is 5.69 Å². The number of amides is 3. The van der Waals surface area contributed by atoms with Gasteiger partial charge in [0.05, 0.1) is 5.56 Å². The molecule has 3 aliphatic carbocycles. The van der Waals surface area contributed by atoms with Gasteiger partial charge < -0.3 is 15.5 Å². The van der Waals surface area contributed by atoms with Crippen LogP contribution in [0.5, 0.6) is 0 Å². The molecule has 8 heteroatoms. The predicted octanol–water partition coefficient (Wildman–Crippen LogP) is 5.32. The average Bonchev–Trinajstić information content (AvgIpc) is 2.94. The van der Waals surface area contributed by atoms with Gasteiger partial charge >= 0.3 is 0 Å². The number of hydrogen-bond donors (Lipinski definition) is 3. The first-order valence-electron chi connectivity index (χ1n) is 15.5. The number of nitrogens with one attached hydrogen (secondary N) is 3. The monoisotopic (exact) mass is 554 g/mol. The fourth-order valence-electron chi connectivity index (χ4n) is 6.79. The molecule has 3 aliphatic rings. The second-order valence-corrected chi connectivity index (χ2v) is 11.9. The van der Waals surface area contributed by atoms with E-state index in [4.69, 9.17) is 0 Å². The summed E-state index contributed by atoms with van der Waals surface area (Å²) in [6.45, 7) is 6.16. The Labute approximate surface area is 240 Å². The van der Waals surface area contributed by atoms with E-state index in [0.29, 0.717) is 43.3 Å². The van der Waals surface area contributed by atoms with Crippen molar-refractivity contribution in [3.8, 4) is 0 Å². The van der Waals surface area contributed by atoms with Crippen molar-refractivity contribution in [1.29, 1.82) is 0 Å². The Hall–Kier alpha value is -2.74. The SMILES string of the molecule is CCCC(C(=O)NC=O)N(C)C(=O)c1c(C=O)cccc1NCCCCCCCNC12CCCCCC(C1)C2C. The van der Waals surface area contributed by atoms with E-state index in [1.165, 1.54) is 69.7 Å². The Morgan fingerprint density at radius 2 is 1.82 bits per heavy atom. The van der Waals surface area contributed by atoms with Gasteiger partial charge in [-0.25, -0.2) is 0 Å². The first-order valence-corrected chi connectivity index (χ1v) is 15.5. The summed E-state index contributed by atoms with van der Waals surface area (Å²) in [7, 11) is 1.54. The second kappa shape index (κ2) is 15.9. The van der Waals surface area contributed by atoms with Crippen molar-refractivity contribution in [2.75, 3.05) is 25.5 Å². The van der Waals surface area contributed by atoms with E-state index < -0.39 is 17.9 Å². The highest BCUT2D eigenvalue weighted by Gasteiger charge is 2.50. The molecule has 0 heterocycles. The van der Waals surface area contributed by atoms with E-state index in [2.05, 4.69) is 22.9 Å². The summed E-state index contributed by atoms with van der Waals surface area (Å²) in [5.74, 6) is 0.799. The smallest absolute Gasteiger partial charge is 0.257 e. The van der Waals surface area contributed by atoms with Gasteiger partial charge in [0.15, 0.2) is 6.29 Å². The van der Waals surface area contributed by atoms with Gasteiger partial charge in [0.25, 0.3) is 5.91 Å². The van der Waals surface area contributed by atoms with E-state index in [1.807, 2.05) is 6.92 Å². The van der Waals surface area contributed by atoms with Crippen molar-refractivity contribution in [1.82, 2.24) is 15.5 Å². The minimum absolute atomic E-state index is 0.257. The van der Waals surface area contributed by atoms with Gasteiger partial charge in [-0.3, -0.25) is 24.5 Å². The van der Waals surface area contributed by atoms with Gasteiger partial charge in [0.1, 0.15) is 6.04 Å². The molecule has 222 valence electrons. The number of fused-ring (bicyclic) bond motifs is 4. The first kappa shape index (κ1) is 31.8. The maximum Gasteiger partial charge on any atom is 0.257 e. The molecule has 3 saturated carbocycles. The molecule has 40 heavy (non-hydrogen) atoms. The van der Waals surface area contributed by atoms with Crippen LogP contribution >= 0.6 is 0 Å².